The number of hydrogen-bond donors (Lipinski definition) is 1. The monoisotopic (exact) mass is 248 g/mol. The third-order valence-corrected chi connectivity index (χ3v) is 3.11. The molecule has 0 radical (unpaired) electrons. The Labute approximate surface area is 106 Å². The quantitative estimate of drug-likeness (QED) is 0.817. The van der Waals surface area contributed by atoms with Crippen molar-refractivity contribution in [1.82, 2.24) is 4.90 Å². The molecule has 1 unspecified atom stereocenters. The smallest absolute Gasteiger partial charge is 0.323 e. The molecule has 0 saturated carbocycles. The van der Waals surface area contributed by atoms with Gasteiger partial charge in [-0.05, 0) is 18.1 Å². The fraction of sp³-hybridized carbons (Fsp3) is 0.385. The Balaban J connectivity index is 2.39. The number of benzene rings is 1. The molecule has 5 heteroatoms. The molecule has 5 nitrogen and oxygen atoms in total. The van der Waals surface area contributed by atoms with Crippen LogP contribution in [-0.2, 0) is 11.2 Å². The first kappa shape index (κ1) is 12.4. The number of carbonyl (C=O) groups is 2. The Hall–Kier alpha value is -2.04. The zero-order valence-electron chi connectivity index (χ0n) is 10.5. The van der Waals surface area contributed by atoms with E-state index in [-0.39, 0.29) is 12.6 Å². The summed E-state index contributed by atoms with van der Waals surface area (Å²) in [4.78, 5) is 26.2. The lowest BCUT2D eigenvalue weighted by Gasteiger charge is -2.34. The zero-order chi connectivity index (χ0) is 13.3. The number of urea groups is 1. The van der Waals surface area contributed by atoms with Gasteiger partial charge in [-0.15, -0.1) is 0 Å². The molecule has 1 aliphatic heterocycles. The van der Waals surface area contributed by atoms with Crippen LogP contribution in [0.1, 0.15) is 5.56 Å². The Kier molecular flexibility index (Phi) is 3.23. The van der Waals surface area contributed by atoms with E-state index < -0.39 is 11.9 Å². The average Bonchev–Trinajstić information content (AvgIpc) is 2.36. The highest BCUT2D eigenvalue weighted by molar-refractivity contribution is 5.94. The SMILES string of the molecule is CN(C)C(=O)N1CC(C(=O)O)Cc2ccccc21. The summed E-state index contributed by atoms with van der Waals surface area (Å²) < 4.78 is 0. The second kappa shape index (κ2) is 4.68. The van der Waals surface area contributed by atoms with Crippen LogP contribution in [0.3, 0.4) is 0 Å². The van der Waals surface area contributed by atoms with E-state index in [2.05, 4.69) is 0 Å². The number of aliphatic carboxylic acids is 1. The maximum Gasteiger partial charge on any atom is 0.323 e. The van der Waals surface area contributed by atoms with Crippen LogP contribution in [0.15, 0.2) is 24.3 Å². The van der Waals surface area contributed by atoms with Gasteiger partial charge < -0.3 is 10.0 Å². The molecule has 2 rings (SSSR count). The lowest BCUT2D eigenvalue weighted by molar-refractivity contribution is -0.141. The molecule has 1 aliphatic rings. The van der Waals surface area contributed by atoms with Crippen LogP contribution in [0, 0.1) is 5.92 Å². The highest BCUT2D eigenvalue weighted by Gasteiger charge is 2.32. The second-order valence-corrected chi connectivity index (χ2v) is 4.66. The Morgan fingerprint density at radius 3 is 2.61 bits per heavy atom. The molecule has 0 aromatic heterocycles. The van der Waals surface area contributed by atoms with Crippen molar-refractivity contribution in [3.05, 3.63) is 29.8 Å². The van der Waals surface area contributed by atoms with Crippen LogP contribution < -0.4 is 4.90 Å². The van der Waals surface area contributed by atoms with Crippen LogP contribution in [-0.4, -0.2) is 42.6 Å². The molecule has 0 aliphatic carbocycles. The van der Waals surface area contributed by atoms with Gasteiger partial charge in [0.15, 0.2) is 0 Å². The van der Waals surface area contributed by atoms with E-state index >= 15 is 0 Å². The summed E-state index contributed by atoms with van der Waals surface area (Å²) in [7, 11) is 3.32. The normalized spacial score (nSPS) is 18.1. The number of hydrogen-bond acceptors (Lipinski definition) is 2. The number of carbonyl (C=O) groups excluding carboxylic acids is 1. The summed E-state index contributed by atoms with van der Waals surface area (Å²) in [6, 6.07) is 7.26. The van der Waals surface area contributed by atoms with Crippen LogP contribution >= 0.6 is 0 Å². The Bertz CT molecular complexity index is 485. The van der Waals surface area contributed by atoms with E-state index in [0.717, 1.165) is 11.3 Å². The molecule has 96 valence electrons. The minimum Gasteiger partial charge on any atom is -0.481 e. The molecule has 0 fully saturated rings. The summed E-state index contributed by atoms with van der Waals surface area (Å²) in [5.41, 5.74) is 1.72. The van der Waals surface area contributed by atoms with Crippen molar-refractivity contribution in [1.29, 1.82) is 0 Å². The number of fused-ring (bicyclic) bond motifs is 1. The summed E-state index contributed by atoms with van der Waals surface area (Å²) in [6.07, 6.45) is 0.475. The predicted octanol–water partition coefficient (Wildman–Crippen LogP) is 1.43. The topological polar surface area (TPSA) is 60.9 Å². The minimum absolute atomic E-state index is 0.187. The van der Waals surface area contributed by atoms with Crippen molar-refractivity contribution in [2.24, 2.45) is 5.92 Å². The van der Waals surface area contributed by atoms with Crippen molar-refractivity contribution in [3.8, 4) is 0 Å². The van der Waals surface area contributed by atoms with E-state index in [4.69, 9.17) is 5.11 Å². The van der Waals surface area contributed by atoms with Gasteiger partial charge in [-0.2, -0.15) is 0 Å². The summed E-state index contributed by atoms with van der Waals surface area (Å²) in [5.74, 6) is -1.40. The van der Waals surface area contributed by atoms with Crippen LogP contribution in [0.2, 0.25) is 0 Å². The van der Waals surface area contributed by atoms with E-state index in [1.54, 1.807) is 14.1 Å². The van der Waals surface area contributed by atoms with Gasteiger partial charge in [-0.3, -0.25) is 9.69 Å². The third kappa shape index (κ3) is 2.16. The number of para-hydroxylation sites is 1. The standard InChI is InChI=1S/C13H16N2O3/c1-14(2)13(18)15-8-10(12(16)17)7-9-5-3-4-6-11(9)15/h3-6,10H,7-8H2,1-2H3,(H,16,17). The Morgan fingerprint density at radius 1 is 1.33 bits per heavy atom. The number of anilines is 1. The molecule has 0 spiro atoms. The van der Waals surface area contributed by atoms with Crippen molar-refractivity contribution in [2.75, 3.05) is 25.5 Å². The minimum atomic E-state index is -0.860. The van der Waals surface area contributed by atoms with Crippen LogP contribution in [0.5, 0.6) is 0 Å². The fourth-order valence-corrected chi connectivity index (χ4v) is 2.18. The third-order valence-electron chi connectivity index (χ3n) is 3.11. The second-order valence-electron chi connectivity index (χ2n) is 4.66. The average molecular weight is 248 g/mol. The number of amides is 2. The maximum absolute atomic E-state index is 12.1. The van der Waals surface area contributed by atoms with Crippen LogP contribution in [0.4, 0.5) is 10.5 Å². The largest absolute Gasteiger partial charge is 0.481 e. The summed E-state index contributed by atoms with van der Waals surface area (Å²) >= 11 is 0. The highest BCUT2D eigenvalue weighted by atomic mass is 16.4. The molecule has 1 heterocycles. The van der Waals surface area contributed by atoms with Crippen molar-refractivity contribution in [2.45, 2.75) is 6.42 Å². The van der Waals surface area contributed by atoms with Crippen molar-refractivity contribution < 1.29 is 14.7 Å². The predicted molar refractivity (Wildman–Crippen MR) is 67.7 cm³/mol. The molecule has 2 amide bonds. The van der Waals surface area contributed by atoms with Gasteiger partial charge in [0.25, 0.3) is 0 Å². The lowest BCUT2D eigenvalue weighted by Crippen LogP contribution is -2.46. The fourth-order valence-electron chi connectivity index (χ4n) is 2.18. The van der Waals surface area contributed by atoms with Crippen LogP contribution in [0.25, 0.3) is 0 Å². The molecule has 18 heavy (non-hydrogen) atoms. The number of carboxylic acids is 1. The Morgan fingerprint density at radius 2 is 2.00 bits per heavy atom. The van der Waals surface area contributed by atoms with Gasteiger partial charge in [0.1, 0.15) is 0 Å². The lowest BCUT2D eigenvalue weighted by atomic mass is 9.93. The molecule has 1 atom stereocenters. The van der Waals surface area contributed by atoms with E-state index in [0.29, 0.717) is 6.42 Å². The van der Waals surface area contributed by atoms with Gasteiger partial charge in [0, 0.05) is 26.3 Å². The van der Waals surface area contributed by atoms with E-state index in [1.807, 2.05) is 24.3 Å². The molecule has 0 bridgehead atoms. The molecular formula is C13H16N2O3. The molecular weight excluding hydrogens is 232 g/mol. The summed E-state index contributed by atoms with van der Waals surface area (Å²) in [6.45, 7) is 0.226. The first-order valence-electron chi connectivity index (χ1n) is 5.80. The first-order chi connectivity index (χ1) is 8.50. The molecule has 1 aromatic rings. The number of rotatable bonds is 1. The molecule has 1 aromatic carbocycles. The number of carboxylic acid groups (broad SMARTS) is 1. The van der Waals surface area contributed by atoms with Gasteiger partial charge in [-0.1, -0.05) is 18.2 Å². The molecule has 0 saturated heterocycles. The van der Waals surface area contributed by atoms with Gasteiger partial charge in [0.05, 0.1) is 5.92 Å². The van der Waals surface area contributed by atoms with Crippen molar-refractivity contribution >= 4 is 17.7 Å². The van der Waals surface area contributed by atoms with Gasteiger partial charge in [0.2, 0.25) is 0 Å². The molecule has 1 N–H and O–H groups in total. The zero-order valence-corrected chi connectivity index (χ0v) is 10.5. The highest BCUT2D eigenvalue weighted by Crippen LogP contribution is 2.30. The summed E-state index contributed by atoms with van der Waals surface area (Å²) in [5, 5.41) is 9.15. The van der Waals surface area contributed by atoms with E-state index in [9.17, 15) is 9.59 Å². The first-order valence-corrected chi connectivity index (χ1v) is 5.80. The van der Waals surface area contributed by atoms with Gasteiger partial charge >= 0.3 is 12.0 Å². The van der Waals surface area contributed by atoms with Crippen molar-refractivity contribution in [3.63, 3.8) is 0 Å². The maximum atomic E-state index is 12.1. The number of nitrogens with zero attached hydrogens (tertiary/aromatic N) is 2. The van der Waals surface area contributed by atoms with E-state index in [1.165, 1.54) is 9.80 Å². The van der Waals surface area contributed by atoms with Gasteiger partial charge in [-0.25, -0.2) is 4.79 Å².